The third-order valence-electron chi connectivity index (χ3n) is 3.47. The second kappa shape index (κ2) is 4.90. The Morgan fingerprint density at radius 2 is 1.50 bits per heavy atom. The van der Waals surface area contributed by atoms with Gasteiger partial charge in [-0.1, -0.05) is 24.3 Å². The third-order valence-corrected chi connectivity index (χ3v) is 5.28. The highest BCUT2D eigenvalue weighted by Gasteiger charge is 2.30. The monoisotopic (exact) mass is 289 g/mol. The maximum absolute atomic E-state index is 12.6. The van der Waals surface area contributed by atoms with Crippen LogP contribution in [0.3, 0.4) is 0 Å². The van der Waals surface area contributed by atoms with Gasteiger partial charge in [-0.05, 0) is 35.4 Å². The summed E-state index contributed by atoms with van der Waals surface area (Å²) in [6.07, 6.45) is 0. The number of anilines is 1. The van der Waals surface area contributed by atoms with Crippen molar-refractivity contribution in [3.05, 3.63) is 59.7 Å². The van der Waals surface area contributed by atoms with Crippen molar-refractivity contribution in [3.8, 4) is 0 Å². The summed E-state index contributed by atoms with van der Waals surface area (Å²) in [4.78, 5) is 0.282. The first-order valence-electron chi connectivity index (χ1n) is 6.25. The van der Waals surface area contributed by atoms with E-state index in [0.717, 1.165) is 11.1 Å². The lowest BCUT2D eigenvalue weighted by Crippen LogP contribution is -2.25. The molecule has 1 aliphatic heterocycles. The maximum Gasteiger partial charge on any atom is 0.243 e. The Hall–Kier alpha value is -1.89. The van der Waals surface area contributed by atoms with Gasteiger partial charge in [-0.2, -0.15) is 4.31 Å². The number of nitrogens with one attached hydrogen (secondary N) is 1. The van der Waals surface area contributed by atoms with Crippen molar-refractivity contribution in [1.29, 1.82) is 0 Å². The van der Waals surface area contributed by atoms with Crippen molar-refractivity contribution in [1.82, 2.24) is 4.31 Å². The second-order valence-corrected chi connectivity index (χ2v) is 6.65. The summed E-state index contributed by atoms with van der Waals surface area (Å²) >= 11 is 0. The van der Waals surface area contributed by atoms with E-state index in [9.17, 15) is 8.42 Å². The van der Waals surface area contributed by atoms with Crippen molar-refractivity contribution in [2.45, 2.75) is 18.0 Å². The highest BCUT2D eigenvalue weighted by Crippen LogP contribution is 2.28. The Kier molecular flexibility index (Phi) is 3.21. The van der Waals surface area contributed by atoms with Gasteiger partial charge in [-0.25, -0.2) is 8.42 Å². The zero-order valence-electron chi connectivity index (χ0n) is 10.8. The van der Waals surface area contributed by atoms with Crippen LogP contribution in [0.5, 0.6) is 0 Å². The molecule has 104 valence electrons. The fourth-order valence-corrected chi connectivity index (χ4v) is 3.74. The summed E-state index contributed by atoms with van der Waals surface area (Å²) in [5.41, 5.74) is 5.29. The summed E-state index contributed by atoms with van der Waals surface area (Å²) in [7, 11) is -3.47. The van der Waals surface area contributed by atoms with Crippen molar-refractivity contribution in [3.63, 3.8) is 0 Å². The predicted molar refractivity (Wildman–Crippen MR) is 77.1 cm³/mol. The quantitative estimate of drug-likeness (QED) is 0.666. The molecule has 6 heteroatoms. The maximum atomic E-state index is 12.6. The van der Waals surface area contributed by atoms with E-state index in [1.54, 1.807) is 24.3 Å². The summed E-state index contributed by atoms with van der Waals surface area (Å²) in [5.74, 6) is 5.28. The molecule has 3 rings (SSSR count). The molecule has 20 heavy (non-hydrogen) atoms. The molecule has 0 amide bonds. The lowest BCUT2D eigenvalue weighted by atomic mass is 10.1. The zero-order valence-corrected chi connectivity index (χ0v) is 11.6. The number of rotatable bonds is 3. The Bertz CT molecular complexity index is 701. The molecule has 1 aliphatic rings. The first-order chi connectivity index (χ1) is 9.61. The van der Waals surface area contributed by atoms with Gasteiger partial charge in [-0.3, -0.25) is 5.84 Å². The van der Waals surface area contributed by atoms with Crippen LogP contribution in [0.15, 0.2) is 53.4 Å². The Labute approximate surface area is 118 Å². The van der Waals surface area contributed by atoms with E-state index < -0.39 is 10.0 Å². The average molecular weight is 289 g/mol. The number of hydrogen-bond donors (Lipinski definition) is 2. The molecule has 0 unspecified atom stereocenters. The number of nitrogens with two attached hydrogens (primary N) is 1. The first kappa shape index (κ1) is 13.1. The minimum absolute atomic E-state index is 0.282. The van der Waals surface area contributed by atoms with Gasteiger partial charge in [0.2, 0.25) is 10.0 Å². The number of sulfonamides is 1. The Morgan fingerprint density at radius 1 is 0.950 bits per heavy atom. The van der Waals surface area contributed by atoms with Crippen LogP contribution in [0, 0.1) is 0 Å². The smallest absolute Gasteiger partial charge is 0.243 e. The first-order valence-corrected chi connectivity index (χ1v) is 7.69. The zero-order chi connectivity index (χ0) is 14.2. The molecular formula is C14H15N3O2S. The van der Waals surface area contributed by atoms with Crippen molar-refractivity contribution in [2.75, 3.05) is 5.43 Å². The van der Waals surface area contributed by atoms with Gasteiger partial charge in [0.1, 0.15) is 0 Å². The van der Waals surface area contributed by atoms with E-state index >= 15 is 0 Å². The average Bonchev–Trinajstić information content (AvgIpc) is 2.92. The Balaban J connectivity index is 1.90. The largest absolute Gasteiger partial charge is 0.324 e. The molecule has 0 bridgehead atoms. The molecule has 2 aromatic carbocycles. The van der Waals surface area contributed by atoms with Crippen LogP contribution in [0.2, 0.25) is 0 Å². The minimum atomic E-state index is -3.47. The topological polar surface area (TPSA) is 75.4 Å². The van der Waals surface area contributed by atoms with Crippen molar-refractivity contribution >= 4 is 15.7 Å². The molecule has 0 saturated carbocycles. The van der Waals surface area contributed by atoms with E-state index in [1.807, 2.05) is 24.3 Å². The predicted octanol–water partition coefficient (Wildman–Crippen LogP) is 1.68. The standard InChI is InChI=1S/C14H15N3O2S/c15-16-13-5-7-14(8-6-13)20(18,19)17-9-11-3-1-2-4-12(11)10-17/h1-8,16H,9-10,15H2. The number of nitrogens with zero attached hydrogens (tertiary/aromatic N) is 1. The van der Waals surface area contributed by atoms with E-state index in [-0.39, 0.29) is 4.90 Å². The van der Waals surface area contributed by atoms with E-state index in [0.29, 0.717) is 18.8 Å². The molecule has 1 heterocycles. The molecule has 5 nitrogen and oxygen atoms in total. The van der Waals surface area contributed by atoms with Crippen LogP contribution in [0.1, 0.15) is 11.1 Å². The fraction of sp³-hybridized carbons (Fsp3) is 0.143. The molecule has 2 aromatic rings. The van der Waals surface area contributed by atoms with Gasteiger partial charge < -0.3 is 5.43 Å². The molecule has 0 radical (unpaired) electrons. The lowest BCUT2D eigenvalue weighted by Gasteiger charge is -2.15. The number of hydrogen-bond acceptors (Lipinski definition) is 4. The van der Waals surface area contributed by atoms with Crippen LogP contribution in [-0.4, -0.2) is 12.7 Å². The molecule has 0 aromatic heterocycles. The van der Waals surface area contributed by atoms with E-state index in [2.05, 4.69) is 5.43 Å². The molecule has 0 aliphatic carbocycles. The van der Waals surface area contributed by atoms with Gasteiger partial charge >= 0.3 is 0 Å². The van der Waals surface area contributed by atoms with Crippen LogP contribution < -0.4 is 11.3 Å². The van der Waals surface area contributed by atoms with Crippen LogP contribution in [-0.2, 0) is 23.1 Å². The Morgan fingerprint density at radius 3 is 2.00 bits per heavy atom. The summed E-state index contributed by atoms with van der Waals surface area (Å²) in [5, 5.41) is 0. The normalized spacial score (nSPS) is 15.1. The SMILES string of the molecule is NNc1ccc(S(=O)(=O)N2Cc3ccccc3C2)cc1. The summed E-state index contributed by atoms with van der Waals surface area (Å²) in [6, 6.07) is 14.2. The van der Waals surface area contributed by atoms with Gasteiger partial charge in [-0.15, -0.1) is 0 Å². The molecule has 0 saturated heterocycles. The van der Waals surface area contributed by atoms with Crippen LogP contribution in [0.4, 0.5) is 5.69 Å². The molecular weight excluding hydrogens is 274 g/mol. The molecule has 3 N–H and O–H groups in total. The highest BCUT2D eigenvalue weighted by atomic mass is 32.2. The van der Waals surface area contributed by atoms with Crippen LogP contribution >= 0.6 is 0 Å². The molecule has 0 spiro atoms. The van der Waals surface area contributed by atoms with E-state index in [1.165, 1.54) is 4.31 Å². The third kappa shape index (κ3) is 2.18. The van der Waals surface area contributed by atoms with Crippen molar-refractivity contribution in [2.24, 2.45) is 5.84 Å². The van der Waals surface area contributed by atoms with Gasteiger partial charge in [0.15, 0.2) is 0 Å². The lowest BCUT2D eigenvalue weighted by molar-refractivity contribution is 0.431. The van der Waals surface area contributed by atoms with Crippen molar-refractivity contribution < 1.29 is 8.42 Å². The highest BCUT2D eigenvalue weighted by molar-refractivity contribution is 7.89. The molecule has 0 fully saturated rings. The van der Waals surface area contributed by atoms with Gasteiger partial charge in [0.05, 0.1) is 4.90 Å². The number of hydrazine groups is 1. The fourth-order valence-electron chi connectivity index (χ4n) is 2.34. The molecule has 0 atom stereocenters. The number of fused-ring (bicyclic) bond motifs is 1. The minimum Gasteiger partial charge on any atom is -0.324 e. The van der Waals surface area contributed by atoms with Gasteiger partial charge in [0, 0.05) is 18.8 Å². The van der Waals surface area contributed by atoms with E-state index in [4.69, 9.17) is 5.84 Å². The second-order valence-electron chi connectivity index (χ2n) is 4.71. The summed E-state index contributed by atoms with van der Waals surface area (Å²) in [6.45, 7) is 0.852. The number of nitrogen functional groups attached to an aromatic ring is 1. The van der Waals surface area contributed by atoms with Gasteiger partial charge in [0.25, 0.3) is 0 Å². The van der Waals surface area contributed by atoms with Crippen LogP contribution in [0.25, 0.3) is 0 Å². The number of benzene rings is 2. The summed E-state index contributed by atoms with van der Waals surface area (Å²) < 4.78 is 26.6.